The van der Waals surface area contributed by atoms with Crippen molar-refractivity contribution in [2.24, 2.45) is 0 Å². The minimum absolute atomic E-state index is 0.0424. The summed E-state index contributed by atoms with van der Waals surface area (Å²) in [4.78, 5) is 37.8. The molecule has 5 heterocycles. The summed E-state index contributed by atoms with van der Waals surface area (Å²) in [5.74, 6) is 0.841. The van der Waals surface area contributed by atoms with Crippen LogP contribution in [-0.2, 0) is 22.6 Å². The number of amides is 2. The molecular formula is C38H39Cl2N7O6. The van der Waals surface area contributed by atoms with Crippen molar-refractivity contribution >= 4 is 40.8 Å². The molecule has 53 heavy (non-hydrogen) atoms. The zero-order valence-electron chi connectivity index (χ0n) is 29.4. The van der Waals surface area contributed by atoms with E-state index in [9.17, 15) is 14.7 Å². The SMILES string of the molecule is COc1nc(-c2cccc(-c3ccnc(-c4cc(OC)c5nc(CNC6CC(C)(O)C6)cn5c4)c3Cl)c2Cl)ccc1CNC(=O)OC[C@@H]1CCC(=O)N1. The van der Waals surface area contributed by atoms with Gasteiger partial charge in [-0.3, -0.25) is 9.78 Å². The number of alkyl carbamates (subject to hydrolysis) is 1. The van der Waals surface area contributed by atoms with E-state index in [1.54, 1.807) is 25.4 Å². The molecule has 5 aromatic rings. The number of aromatic nitrogens is 4. The molecule has 0 bridgehead atoms. The largest absolute Gasteiger partial charge is 0.493 e. The topological polar surface area (TPSA) is 161 Å². The van der Waals surface area contributed by atoms with E-state index in [1.807, 2.05) is 54.0 Å². The summed E-state index contributed by atoms with van der Waals surface area (Å²) in [5, 5.41) is 19.8. The Morgan fingerprint density at radius 2 is 1.83 bits per heavy atom. The third kappa shape index (κ3) is 7.88. The third-order valence-corrected chi connectivity index (χ3v) is 10.3. The third-order valence-electron chi connectivity index (χ3n) is 9.52. The fourth-order valence-corrected chi connectivity index (χ4v) is 7.44. The standard InChI is InChI=1S/C38H39Cl2N7O6/c1-38(50)14-24(15-38)42-17-25-19-47-18-22(13-30(51-2)35(47)45-25)34-33(40)27(11-12-41-34)26-5-4-6-28(32(26)39)29-9-7-21(36(46-29)52-3)16-43-37(49)53-20-23-8-10-31(48)44-23/h4-7,9,11-13,18-19,23-24,42,50H,8,10,14-17,20H2,1-3H3,(H,43,49)(H,44,48)/t23-,24?,38?/m0/s1. The zero-order chi connectivity index (χ0) is 37.3. The highest BCUT2D eigenvalue weighted by Crippen LogP contribution is 2.42. The van der Waals surface area contributed by atoms with E-state index in [0.717, 1.165) is 11.3 Å². The lowest BCUT2D eigenvalue weighted by Gasteiger charge is -2.41. The lowest BCUT2D eigenvalue weighted by atomic mass is 9.77. The first-order chi connectivity index (χ1) is 25.5. The fourth-order valence-electron chi connectivity index (χ4n) is 6.80. The quantitative estimate of drug-likeness (QED) is 0.120. The number of ether oxygens (including phenoxy) is 3. The number of aliphatic hydroxyl groups is 1. The van der Waals surface area contributed by atoms with Gasteiger partial charge in [0.2, 0.25) is 11.8 Å². The predicted molar refractivity (Wildman–Crippen MR) is 200 cm³/mol. The molecule has 1 aliphatic heterocycles. The summed E-state index contributed by atoms with van der Waals surface area (Å²) in [6, 6.07) is 13.0. The van der Waals surface area contributed by atoms with Crippen molar-refractivity contribution in [1.82, 2.24) is 35.3 Å². The Bertz CT molecular complexity index is 2180. The van der Waals surface area contributed by atoms with Gasteiger partial charge in [0.15, 0.2) is 11.4 Å². The minimum Gasteiger partial charge on any atom is -0.493 e. The molecule has 1 aromatic carbocycles. The lowest BCUT2D eigenvalue weighted by molar-refractivity contribution is -0.119. The van der Waals surface area contributed by atoms with Gasteiger partial charge in [-0.2, -0.15) is 0 Å². The van der Waals surface area contributed by atoms with Gasteiger partial charge in [0.1, 0.15) is 6.61 Å². The van der Waals surface area contributed by atoms with E-state index in [0.29, 0.717) is 93.2 Å². The highest BCUT2D eigenvalue weighted by Gasteiger charge is 2.38. The van der Waals surface area contributed by atoms with Crippen LogP contribution >= 0.6 is 23.2 Å². The number of benzene rings is 1. The molecule has 0 spiro atoms. The van der Waals surface area contributed by atoms with E-state index in [-0.39, 0.29) is 31.1 Å². The van der Waals surface area contributed by atoms with E-state index in [2.05, 4.69) is 20.9 Å². The monoisotopic (exact) mass is 759 g/mol. The number of hydrogen-bond donors (Lipinski definition) is 4. The molecule has 2 fully saturated rings. The molecule has 0 radical (unpaired) electrons. The van der Waals surface area contributed by atoms with Crippen LogP contribution in [0, 0.1) is 0 Å². The Hall–Kier alpha value is -4.95. The molecular weight excluding hydrogens is 721 g/mol. The van der Waals surface area contributed by atoms with Crippen molar-refractivity contribution in [3.63, 3.8) is 0 Å². The van der Waals surface area contributed by atoms with Crippen LogP contribution in [-0.4, -0.2) is 75.0 Å². The smallest absolute Gasteiger partial charge is 0.407 e. The van der Waals surface area contributed by atoms with Crippen LogP contribution < -0.4 is 25.4 Å². The van der Waals surface area contributed by atoms with Gasteiger partial charge in [-0.05, 0) is 50.5 Å². The average molecular weight is 761 g/mol. The Balaban J connectivity index is 1.10. The van der Waals surface area contributed by atoms with Gasteiger partial charge in [-0.1, -0.05) is 41.4 Å². The van der Waals surface area contributed by atoms with E-state index >= 15 is 0 Å². The highest BCUT2D eigenvalue weighted by atomic mass is 35.5. The van der Waals surface area contributed by atoms with Crippen LogP contribution in [0.1, 0.15) is 43.9 Å². The molecule has 13 nitrogen and oxygen atoms in total. The van der Waals surface area contributed by atoms with Crippen LogP contribution in [0.2, 0.25) is 10.0 Å². The number of nitrogens with zero attached hydrogens (tertiary/aromatic N) is 4. The number of halogens is 2. The van der Waals surface area contributed by atoms with Crippen LogP contribution in [0.4, 0.5) is 4.79 Å². The van der Waals surface area contributed by atoms with E-state index in [1.165, 1.54) is 7.11 Å². The van der Waals surface area contributed by atoms with Crippen LogP contribution in [0.3, 0.4) is 0 Å². The molecule has 1 atom stereocenters. The molecule has 276 valence electrons. The van der Waals surface area contributed by atoms with Crippen molar-refractivity contribution < 1.29 is 28.9 Å². The van der Waals surface area contributed by atoms with Gasteiger partial charge in [-0.15, -0.1) is 0 Å². The molecule has 0 unspecified atom stereocenters. The predicted octanol–water partition coefficient (Wildman–Crippen LogP) is 5.96. The summed E-state index contributed by atoms with van der Waals surface area (Å²) in [5.41, 5.74) is 5.38. The number of hydrogen-bond acceptors (Lipinski definition) is 10. The van der Waals surface area contributed by atoms with Crippen LogP contribution in [0.5, 0.6) is 11.6 Å². The Morgan fingerprint density at radius 1 is 1.04 bits per heavy atom. The molecule has 15 heteroatoms. The van der Waals surface area contributed by atoms with Crippen LogP contribution in [0.25, 0.3) is 39.3 Å². The van der Waals surface area contributed by atoms with E-state index in [4.69, 9.17) is 47.4 Å². The molecule has 1 aliphatic carbocycles. The van der Waals surface area contributed by atoms with Gasteiger partial charge >= 0.3 is 6.09 Å². The Morgan fingerprint density at radius 3 is 2.57 bits per heavy atom. The van der Waals surface area contributed by atoms with Crippen molar-refractivity contribution in [1.29, 1.82) is 0 Å². The summed E-state index contributed by atoms with van der Waals surface area (Å²) in [7, 11) is 3.10. The van der Waals surface area contributed by atoms with Crippen LogP contribution in [0.15, 0.2) is 61.1 Å². The lowest BCUT2D eigenvalue weighted by Crippen LogP contribution is -2.51. The first kappa shape index (κ1) is 36.4. The first-order valence-electron chi connectivity index (χ1n) is 17.2. The number of carbonyl (C=O) groups excluding carboxylic acids is 2. The van der Waals surface area contributed by atoms with Gasteiger partial charge in [0, 0.05) is 65.4 Å². The molecule has 4 N–H and O–H groups in total. The number of carbonyl (C=O) groups is 2. The molecule has 2 aliphatic rings. The number of rotatable bonds is 12. The second kappa shape index (κ2) is 15.2. The summed E-state index contributed by atoms with van der Waals surface area (Å²) < 4.78 is 18.5. The van der Waals surface area contributed by atoms with E-state index < -0.39 is 11.7 Å². The van der Waals surface area contributed by atoms with Crippen molar-refractivity contribution in [3.8, 4) is 45.3 Å². The summed E-state index contributed by atoms with van der Waals surface area (Å²) in [6.45, 7) is 2.63. The molecule has 4 aromatic heterocycles. The minimum atomic E-state index is -0.608. The van der Waals surface area contributed by atoms with Gasteiger partial charge in [-0.25, -0.2) is 14.8 Å². The maximum atomic E-state index is 12.3. The van der Waals surface area contributed by atoms with Crippen molar-refractivity contribution in [2.45, 2.75) is 63.4 Å². The second-order valence-electron chi connectivity index (χ2n) is 13.6. The number of pyridine rings is 3. The number of methoxy groups -OCH3 is 2. The van der Waals surface area contributed by atoms with Crippen molar-refractivity contribution in [3.05, 3.63) is 82.4 Å². The molecule has 2 amide bonds. The fraction of sp³-hybridized carbons (Fsp3) is 0.342. The molecule has 7 rings (SSSR count). The average Bonchev–Trinajstić information content (AvgIpc) is 3.76. The number of imidazole rings is 1. The van der Waals surface area contributed by atoms with Gasteiger partial charge in [0.05, 0.1) is 59.5 Å². The highest BCUT2D eigenvalue weighted by molar-refractivity contribution is 6.39. The maximum absolute atomic E-state index is 12.3. The van der Waals surface area contributed by atoms with Gasteiger partial charge in [0.25, 0.3) is 0 Å². The number of nitrogens with one attached hydrogen (secondary N) is 3. The van der Waals surface area contributed by atoms with Gasteiger partial charge < -0.3 is 39.7 Å². The normalized spacial score (nSPS) is 19.5. The number of fused-ring (bicyclic) bond motifs is 1. The second-order valence-corrected chi connectivity index (χ2v) is 14.3. The maximum Gasteiger partial charge on any atom is 0.407 e. The summed E-state index contributed by atoms with van der Waals surface area (Å²) in [6.07, 6.45) is 7.42. The molecule has 1 saturated heterocycles. The Labute approximate surface area is 316 Å². The van der Waals surface area contributed by atoms with Crippen molar-refractivity contribution in [2.75, 3.05) is 20.8 Å². The zero-order valence-corrected chi connectivity index (χ0v) is 30.9. The molecule has 1 saturated carbocycles. The summed E-state index contributed by atoms with van der Waals surface area (Å²) >= 11 is 14.2. The first-order valence-corrected chi connectivity index (χ1v) is 18.0. The Kier molecular flexibility index (Phi) is 10.4.